The van der Waals surface area contributed by atoms with E-state index in [1.807, 2.05) is 13.8 Å². The second kappa shape index (κ2) is 11.3. The van der Waals surface area contributed by atoms with Crippen LogP contribution in [0.3, 0.4) is 0 Å². The van der Waals surface area contributed by atoms with Crippen LogP contribution in [0.1, 0.15) is 26.7 Å². The number of anilines is 1. The summed E-state index contributed by atoms with van der Waals surface area (Å²) < 4.78 is 5.52. The third-order valence-corrected chi connectivity index (χ3v) is 4.67. The molecular formula is C18H27Cl2N3O3. The van der Waals surface area contributed by atoms with Crippen LogP contribution in [0.25, 0.3) is 0 Å². The van der Waals surface area contributed by atoms with Crippen molar-refractivity contribution in [3.63, 3.8) is 0 Å². The molecule has 1 heterocycles. The molecule has 0 aliphatic carbocycles. The summed E-state index contributed by atoms with van der Waals surface area (Å²) in [6, 6.07) is 5.07. The number of halogens is 2. The molecule has 1 aromatic rings. The van der Waals surface area contributed by atoms with Crippen molar-refractivity contribution in [2.75, 3.05) is 38.1 Å². The van der Waals surface area contributed by atoms with Crippen molar-refractivity contribution in [3.05, 3.63) is 23.2 Å². The lowest BCUT2D eigenvalue weighted by molar-refractivity contribution is -0.133. The second-order valence-corrected chi connectivity index (χ2v) is 6.42. The number of hydrogen-bond donors (Lipinski definition) is 2. The Morgan fingerprint density at radius 2 is 1.92 bits per heavy atom. The van der Waals surface area contributed by atoms with Crippen molar-refractivity contribution >= 4 is 41.5 Å². The van der Waals surface area contributed by atoms with Crippen molar-refractivity contribution in [1.29, 1.82) is 0 Å². The summed E-state index contributed by atoms with van der Waals surface area (Å²) in [5, 5.41) is 6.51. The summed E-state index contributed by atoms with van der Waals surface area (Å²) in [5.74, 6) is 0.400. The van der Waals surface area contributed by atoms with Gasteiger partial charge in [-0.1, -0.05) is 11.6 Å². The van der Waals surface area contributed by atoms with Crippen LogP contribution in [0, 0.1) is 5.92 Å². The van der Waals surface area contributed by atoms with Gasteiger partial charge in [0.25, 0.3) is 5.91 Å². The van der Waals surface area contributed by atoms with E-state index < -0.39 is 0 Å². The number of nitrogens with one attached hydrogen (secondary N) is 2. The molecular weight excluding hydrogens is 377 g/mol. The average molecular weight is 404 g/mol. The fourth-order valence-electron chi connectivity index (χ4n) is 2.83. The Hall–Kier alpha value is -1.50. The summed E-state index contributed by atoms with van der Waals surface area (Å²) in [6.07, 6.45) is 1.68. The highest BCUT2D eigenvalue weighted by Gasteiger charge is 2.21. The Bertz CT molecular complexity index is 603. The fraction of sp³-hybridized carbons (Fsp3) is 0.556. The number of hydrogen-bond acceptors (Lipinski definition) is 4. The van der Waals surface area contributed by atoms with Crippen LogP contribution >= 0.6 is 24.0 Å². The van der Waals surface area contributed by atoms with Crippen molar-refractivity contribution in [3.8, 4) is 5.75 Å². The highest BCUT2D eigenvalue weighted by molar-refractivity contribution is 6.32. The third-order valence-electron chi connectivity index (χ3n) is 4.38. The van der Waals surface area contributed by atoms with Crippen LogP contribution in [-0.4, -0.2) is 49.5 Å². The van der Waals surface area contributed by atoms with Crippen LogP contribution in [-0.2, 0) is 9.59 Å². The summed E-state index contributed by atoms with van der Waals surface area (Å²) in [7, 11) is 0. The van der Waals surface area contributed by atoms with Gasteiger partial charge < -0.3 is 20.3 Å². The molecule has 2 rings (SSSR count). The predicted octanol–water partition coefficient (Wildman–Crippen LogP) is 2.95. The highest BCUT2D eigenvalue weighted by atomic mass is 35.5. The first-order chi connectivity index (χ1) is 12.0. The fourth-order valence-corrected chi connectivity index (χ4v) is 3.07. The number of ether oxygens (including phenoxy) is 1. The Morgan fingerprint density at radius 3 is 2.50 bits per heavy atom. The molecule has 146 valence electrons. The molecule has 1 saturated heterocycles. The van der Waals surface area contributed by atoms with Crippen molar-refractivity contribution in [2.45, 2.75) is 26.7 Å². The summed E-state index contributed by atoms with van der Waals surface area (Å²) >= 11 is 6.22. The summed E-state index contributed by atoms with van der Waals surface area (Å²) in [6.45, 7) is 6.82. The number of rotatable bonds is 7. The zero-order chi connectivity index (χ0) is 18.2. The van der Waals surface area contributed by atoms with E-state index in [2.05, 4.69) is 10.6 Å². The van der Waals surface area contributed by atoms with Gasteiger partial charge in [0, 0.05) is 24.7 Å². The van der Waals surface area contributed by atoms with Gasteiger partial charge in [0.05, 0.1) is 5.02 Å². The monoisotopic (exact) mass is 403 g/mol. The first kappa shape index (κ1) is 22.5. The number of benzene rings is 1. The van der Waals surface area contributed by atoms with Crippen LogP contribution in [0.2, 0.25) is 5.02 Å². The van der Waals surface area contributed by atoms with E-state index in [1.54, 1.807) is 23.1 Å². The summed E-state index contributed by atoms with van der Waals surface area (Å²) in [5.41, 5.74) is 0.635. The van der Waals surface area contributed by atoms with Crippen LogP contribution < -0.4 is 15.4 Å². The highest BCUT2D eigenvalue weighted by Crippen LogP contribution is 2.28. The topological polar surface area (TPSA) is 70.7 Å². The Kier molecular flexibility index (Phi) is 9.76. The molecule has 0 radical (unpaired) electrons. The van der Waals surface area contributed by atoms with Gasteiger partial charge in [-0.25, -0.2) is 0 Å². The quantitative estimate of drug-likeness (QED) is 0.733. The third kappa shape index (κ3) is 6.34. The first-order valence-corrected chi connectivity index (χ1v) is 9.14. The van der Waals surface area contributed by atoms with E-state index >= 15 is 0 Å². The van der Waals surface area contributed by atoms with Gasteiger partial charge in [0.2, 0.25) is 5.91 Å². The molecule has 2 N–H and O–H groups in total. The van der Waals surface area contributed by atoms with E-state index in [0.717, 1.165) is 25.9 Å². The lowest BCUT2D eigenvalue weighted by atomic mass is 9.97. The van der Waals surface area contributed by atoms with Gasteiger partial charge in [0.15, 0.2) is 6.61 Å². The molecule has 2 amide bonds. The van der Waals surface area contributed by atoms with E-state index in [0.29, 0.717) is 29.5 Å². The zero-order valence-corrected chi connectivity index (χ0v) is 16.8. The Balaban J connectivity index is 0.00000338. The largest absolute Gasteiger partial charge is 0.482 e. The van der Waals surface area contributed by atoms with Crippen molar-refractivity contribution in [1.82, 2.24) is 10.2 Å². The van der Waals surface area contributed by atoms with Gasteiger partial charge in [-0.15, -0.1) is 12.4 Å². The lowest BCUT2D eigenvalue weighted by Crippen LogP contribution is -2.34. The molecule has 0 unspecified atom stereocenters. The van der Waals surface area contributed by atoms with Gasteiger partial charge in [0.1, 0.15) is 5.75 Å². The SMILES string of the molecule is CCN(CC)C(=O)COc1ccc(NC(=O)C2CCNCC2)cc1Cl.Cl. The van der Waals surface area contributed by atoms with Gasteiger partial charge in [-0.2, -0.15) is 0 Å². The minimum atomic E-state index is -0.0793. The molecule has 26 heavy (non-hydrogen) atoms. The van der Waals surface area contributed by atoms with E-state index in [9.17, 15) is 9.59 Å². The normalized spacial score (nSPS) is 14.3. The molecule has 1 aromatic carbocycles. The minimum absolute atomic E-state index is 0. The lowest BCUT2D eigenvalue weighted by Gasteiger charge is -2.22. The molecule has 0 aromatic heterocycles. The number of nitrogens with zero attached hydrogens (tertiary/aromatic N) is 1. The van der Waals surface area contributed by atoms with Crippen LogP contribution in [0.5, 0.6) is 5.75 Å². The smallest absolute Gasteiger partial charge is 0.260 e. The van der Waals surface area contributed by atoms with Gasteiger partial charge in [-0.3, -0.25) is 9.59 Å². The number of piperidine rings is 1. The van der Waals surface area contributed by atoms with E-state index in [-0.39, 0.29) is 36.7 Å². The number of carbonyl (C=O) groups is 2. The van der Waals surface area contributed by atoms with Crippen molar-refractivity contribution in [2.24, 2.45) is 5.92 Å². The molecule has 6 nitrogen and oxygen atoms in total. The standard InChI is InChI=1S/C18H26ClN3O3.ClH/c1-3-22(4-2)17(23)12-25-16-6-5-14(11-15(16)19)21-18(24)13-7-9-20-10-8-13;/h5-6,11,13,20H,3-4,7-10,12H2,1-2H3,(H,21,24);1H. The molecule has 0 spiro atoms. The van der Waals surface area contributed by atoms with Gasteiger partial charge in [-0.05, 0) is 58.0 Å². The molecule has 1 fully saturated rings. The average Bonchev–Trinajstić information content (AvgIpc) is 2.62. The van der Waals surface area contributed by atoms with Crippen molar-refractivity contribution < 1.29 is 14.3 Å². The van der Waals surface area contributed by atoms with E-state index in [4.69, 9.17) is 16.3 Å². The van der Waals surface area contributed by atoms with Crippen LogP contribution in [0.15, 0.2) is 18.2 Å². The molecule has 0 atom stereocenters. The van der Waals surface area contributed by atoms with E-state index in [1.165, 1.54) is 0 Å². The number of likely N-dealkylation sites (N-methyl/N-ethyl adjacent to an activating group) is 1. The zero-order valence-electron chi connectivity index (χ0n) is 15.2. The minimum Gasteiger partial charge on any atom is -0.482 e. The maximum atomic E-state index is 12.3. The molecule has 8 heteroatoms. The second-order valence-electron chi connectivity index (χ2n) is 6.01. The molecule has 1 aliphatic rings. The molecule has 0 saturated carbocycles. The summed E-state index contributed by atoms with van der Waals surface area (Å²) in [4.78, 5) is 25.9. The Morgan fingerprint density at radius 1 is 1.27 bits per heavy atom. The molecule has 0 bridgehead atoms. The Labute approximate surface area is 166 Å². The molecule has 1 aliphatic heterocycles. The first-order valence-electron chi connectivity index (χ1n) is 8.76. The maximum absolute atomic E-state index is 12.3. The predicted molar refractivity (Wildman–Crippen MR) is 106 cm³/mol. The number of carbonyl (C=O) groups excluding carboxylic acids is 2. The van der Waals surface area contributed by atoms with Crippen LogP contribution in [0.4, 0.5) is 5.69 Å². The maximum Gasteiger partial charge on any atom is 0.260 e. The number of amides is 2. The van der Waals surface area contributed by atoms with Gasteiger partial charge >= 0.3 is 0 Å².